The Hall–Kier alpha value is -1.66. The fraction of sp³-hybridized carbons (Fsp3) is 0.700. The topological polar surface area (TPSA) is 68.3 Å². The number of carbonyl (C=O) groups excluding carboxylic acids is 1. The molecule has 3 rings (SSSR count). The van der Waals surface area contributed by atoms with Crippen LogP contribution in [0.4, 0.5) is 10.6 Å². The van der Waals surface area contributed by atoms with Crippen molar-refractivity contribution in [1.82, 2.24) is 9.88 Å². The van der Waals surface area contributed by atoms with Gasteiger partial charge in [0.2, 0.25) is 0 Å². The molecule has 0 spiro atoms. The van der Waals surface area contributed by atoms with E-state index in [0.29, 0.717) is 31.6 Å². The third kappa shape index (κ3) is 3.86. The summed E-state index contributed by atoms with van der Waals surface area (Å²) in [6.07, 6.45) is 6.26. The molecule has 0 bridgehead atoms. The summed E-state index contributed by atoms with van der Waals surface area (Å²) >= 11 is 0. The first-order valence-corrected chi connectivity index (χ1v) is 10.0. The summed E-state index contributed by atoms with van der Waals surface area (Å²) < 4.78 is 0.133. The van der Waals surface area contributed by atoms with Crippen LogP contribution in [-0.4, -0.2) is 66.3 Å². The zero-order valence-corrected chi connectivity index (χ0v) is 16.1. The van der Waals surface area contributed by atoms with E-state index in [2.05, 4.69) is 21.3 Å². The number of hydrogen-bond donors (Lipinski definition) is 1. The molecule has 1 aromatic heterocycles. The van der Waals surface area contributed by atoms with Crippen molar-refractivity contribution in [3.05, 3.63) is 23.9 Å². The molecule has 2 saturated heterocycles. The van der Waals surface area contributed by atoms with Crippen LogP contribution in [0.5, 0.6) is 0 Å². The molecule has 0 aromatic carbocycles. The number of likely N-dealkylation sites (tertiary alicyclic amines) is 2. The van der Waals surface area contributed by atoms with E-state index in [4.69, 9.17) is 0 Å². The Kier molecular flexibility index (Phi) is 6.14. The first-order chi connectivity index (χ1) is 12.6. The second-order valence-electron chi connectivity index (χ2n) is 7.76. The Morgan fingerprint density at radius 1 is 1.31 bits per heavy atom. The van der Waals surface area contributed by atoms with E-state index in [9.17, 15) is 9.90 Å². The third-order valence-corrected chi connectivity index (χ3v) is 6.57. The van der Waals surface area contributed by atoms with E-state index >= 15 is 0 Å². The molecule has 2 aliphatic heterocycles. The molecule has 1 N–H and O–H groups in total. The van der Waals surface area contributed by atoms with Gasteiger partial charge in [-0.2, -0.15) is 0 Å². The lowest BCUT2D eigenvalue weighted by Gasteiger charge is -2.38. The van der Waals surface area contributed by atoms with Crippen molar-refractivity contribution >= 4 is 11.9 Å². The molecule has 0 aliphatic carbocycles. The van der Waals surface area contributed by atoms with Gasteiger partial charge in [0.05, 0.1) is 19.6 Å². The largest absolute Gasteiger partial charge is 0.498 e. The molecular formula is C20H32N4O2. The first-order valence-electron chi connectivity index (χ1n) is 10.0. The van der Waals surface area contributed by atoms with Crippen molar-refractivity contribution in [2.24, 2.45) is 0 Å². The standard InChI is InChI=1S/C20H32N4O2/c1-3-24(20(25)26)14-5-6-17(10-15-24)23-12-8-16(9-13-23)18-7-4-11-22-19(18)21-2/h4,7,11,16-17H,3,5-6,8-10,12-15H2,1-2H3,(H-,21,22,25,26). The van der Waals surface area contributed by atoms with Crippen LogP contribution in [0.2, 0.25) is 0 Å². The van der Waals surface area contributed by atoms with E-state index in [-0.39, 0.29) is 4.48 Å². The van der Waals surface area contributed by atoms with Gasteiger partial charge in [0.25, 0.3) is 6.09 Å². The summed E-state index contributed by atoms with van der Waals surface area (Å²) in [4.78, 5) is 18.7. The van der Waals surface area contributed by atoms with Gasteiger partial charge in [-0.15, -0.1) is 0 Å². The van der Waals surface area contributed by atoms with Crippen LogP contribution in [0.1, 0.15) is 50.5 Å². The van der Waals surface area contributed by atoms with Crippen LogP contribution in [0.15, 0.2) is 18.3 Å². The smallest absolute Gasteiger partial charge is 0.257 e. The Balaban J connectivity index is 1.59. The molecule has 0 radical (unpaired) electrons. The van der Waals surface area contributed by atoms with E-state index < -0.39 is 6.09 Å². The molecular weight excluding hydrogens is 328 g/mol. The van der Waals surface area contributed by atoms with Crippen LogP contribution in [0.25, 0.3) is 0 Å². The van der Waals surface area contributed by atoms with Gasteiger partial charge < -0.3 is 20.1 Å². The molecule has 144 valence electrons. The highest BCUT2D eigenvalue weighted by Crippen LogP contribution is 2.33. The summed E-state index contributed by atoms with van der Waals surface area (Å²) in [5.74, 6) is 1.56. The number of rotatable bonds is 4. The monoisotopic (exact) mass is 360 g/mol. The Morgan fingerprint density at radius 3 is 2.73 bits per heavy atom. The molecule has 3 heterocycles. The molecule has 26 heavy (non-hydrogen) atoms. The van der Waals surface area contributed by atoms with Crippen molar-refractivity contribution in [2.75, 3.05) is 45.1 Å². The number of piperidine rings is 1. The first kappa shape index (κ1) is 19.1. The average Bonchev–Trinajstić information content (AvgIpc) is 2.92. The number of nitrogens with zero attached hydrogens (tertiary/aromatic N) is 3. The van der Waals surface area contributed by atoms with Gasteiger partial charge in [-0.1, -0.05) is 6.07 Å². The summed E-state index contributed by atoms with van der Waals surface area (Å²) in [5.41, 5.74) is 1.33. The molecule has 6 nitrogen and oxygen atoms in total. The van der Waals surface area contributed by atoms with Crippen LogP contribution in [-0.2, 0) is 0 Å². The predicted octanol–water partition coefficient (Wildman–Crippen LogP) is 2.04. The van der Waals surface area contributed by atoms with Gasteiger partial charge in [0, 0.05) is 25.7 Å². The van der Waals surface area contributed by atoms with Crippen LogP contribution >= 0.6 is 0 Å². The van der Waals surface area contributed by atoms with E-state index in [1.807, 2.05) is 26.2 Å². The number of anilines is 1. The Bertz CT molecular complexity index is 616. The molecule has 2 atom stereocenters. The van der Waals surface area contributed by atoms with Crippen molar-refractivity contribution < 1.29 is 14.4 Å². The Labute approximate surface area is 156 Å². The molecule has 6 heteroatoms. The number of quaternary nitrogens is 1. The minimum atomic E-state index is -0.900. The number of amides is 1. The van der Waals surface area contributed by atoms with E-state index in [1.54, 1.807) is 0 Å². The number of aromatic nitrogens is 1. The maximum atomic E-state index is 11.6. The molecule has 2 unspecified atom stereocenters. The van der Waals surface area contributed by atoms with Gasteiger partial charge in [-0.05, 0) is 63.2 Å². The molecule has 1 aromatic rings. The Morgan fingerprint density at radius 2 is 2.08 bits per heavy atom. The van der Waals surface area contributed by atoms with Crippen molar-refractivity contribution in [2.45, 2.75) is 51.0 Å². The highest BCUT2D eigenvalue weighted by molar-refractivity contribution is 5.54. The number of hydrogen-bond acceptors (Lipinski definition) is 5. The van der Waals surface area contributed by atoms with Gasteiger partial charge in [0.1, 0.15) is 5.82 Å². The minimum absolute atomic E-state index is 0.133. The zero-order valence-electron chi connectivity index (χ0n) is 16.1. The van der Waals surface area contributed by atoms with Crippen molar-refractivity contribution in [1.29, 1.82) is 0 Å². The predicted molar refractivity (Wildman–Crippen MR) is 101 cm³/mol. The lowest BCUT2D eigenvalue weighted by Crippen LogP contribution is -2.59. The van der Waals surface area contributed by atoms with Crippen molar-refractivity contribution in [3.8, 4) is 0 Å². The molecule has 0 saturated carbocycles. The number of nitrogens with one attached hydrogen (secondary N) is 1. The summed E-state index contributed by atoms with van der Waals surface area (Å²) in [6, 6.07) is 4.73. The quantitative estimate of drug-likeness (QED) is 0.832. The second-order valence-corrected chi connectivity index (χ2v) is 7.76. The molecule has 2 aliphatic rings. The second kappa shape index (κ2) is 8.35. The molecule has 1 amide bonds. The highest BCUT2D eigenvalue weighted by Gasteiger charge is 2.35. The normalized spacial score (nSPS) is 28.5. The number of carboxylic acid groups (broad SMARTS) is 1. The maximum absolute atomic E-state index is 11.6. The van der Waals surface area contributed by atoms with Gasteiger partial charge in [-0.25, -0.2) is 4.98 Å². The number of pyridine rings is 1. The summed E-state index contributed by atoms with van der Waals surface area (Å²) in [7, 11) is 1.93. The number of carbonyl (C=O) groups is 1. The van der Waals surface area contributed by atoms with Crippen molar-refractivity contribution in [3.63, 3.8) is 0 Å². The zero-order chi connectivity index (χ0) is 18.6. The lowest BCUT2D eigenvalue weighted by atomic mass is 9.88. The average molecular weight is 361 g/mol. The van der Waals surface area contributed by atoms with E-state index in [0.717, 1.165) is 51.0 Å². The third-order valence-electron chi connectivity index (χ3n) is 6.57. The van der Waals surface area contributed by atoms with Crippen LogP contribution in [0, 0.1) is 0 Å². The SMILES string of the molecule is CC[N+]1(C(=O)[O-])CCCC(N2CCC(c3cccnc3NC)CC2)CC1. The summed E-state index contributed by atoms with van der Waals surface area (Å²) in [5, 5.41) is 14.9. The minimum Gasteiger partial charge on any atom is -0.498 e. The highest BCUT2D eigenvalue weighted by atomic mass is 16.4. The summed E-state index contributed by atoms with van der Waals surface area (Å²) in [6.45, 7) is 6.19. The van der Waals surface area contributed by atoms with Gasteiger partial charge in [-0.3, -0.25) is 4.48 Å². The van der Waals surface area contributed by atoms with Gasteiger partial charge >= 0.3 is 0 Å². The van der Waals surface area contributed by atoms with Crippen LogP contribution < -0.4 is 10.4 Å². The fourth-order valence-electron chi connectivity index (χ4n) is 4.81. The fourth-order valence-corrected chi connectivity index (χ4v) is 4.81. The lowest BCUT2D eigenvalue weighted by molar-refractivity contribution is -0.873. The molecule has 2 fully saturated rings. The van der Waals surface area contributed by atoms with E-state index in [1.165, 1.54) is 5.56 Å². The van der Waals surface area contributed by atoms with Gasteiger partial charge in [0.15, 0.2) is 0 Å². The maximum Gasteiger partial charge on any atom is 0.257 e. The van der Waals surface area contributed by atoms with Crippen LogP contribution in [0.3, 0.4) is 0 Å².